The molecular weight excluding hydrogens is 683 g/mol. The van der Waals surface area contributed by atoms with E-state index >= 15 is 0 Å². The van der Waals surface area contributed by atoms with Crippen LogP contribution < -0.4 is 4.90 Å². The number of fused-ring (bicyclic) bond motifs is 10. The Morgan fingerprint density at radius 2 is 0.873 bits per heavy atom. The second-order valence-corrected chi connectivity index (χ2v) is 15.5. The summed E-state index contributed by atoms with van der Waals surface area (Å²) in [4.78, 5) is 5.10. The Morgan fingerprint density at radius 1 is 0.345 bits per heavy atom. The van der Waals surface area contributed by atoms with Gasteiger partial charge in [-0.05, 0) is 97.7 Å². The van der Waals surface area contributed by atoms with E-state index in [0.717, 1.165) is 11.4 Å². The van der Waals surface area contributed by atoms with Gasteiger partial charge in [-0.3, -0.25) is 0 Å². The topological polar surface area (TPSA) is 3.24 Å². The number of anilines is 3. The summed E-state index contributed by atoms with van der Waals surface area (Å²) < 4.78 is 0. The summed E-state index contributed by atoms with van der Waals surface area (Å²) in [6, 6.07) is 78.3. The van der Waals surface area contributed by atoms with Gasteiger partial charge in [-0.1, -0.05) is 182 Å². The van der Waals surface area contributed by atoms with Gasteiger partial charge >= 0.3 is 0 Å². The number of rotatable bonds is 5. The van der Waals surface area contributed by atoms with Crippen molar-refractivity contribution in [2.45, 2.75) is 15.2 Å². The van der Waals surface area contributed by atoms with E-state index in [4.69, 9.17) is 0 Å². The minimum absolute atomic E-state index is 0.562. The summed E-state index contributed by atoms with van der Waals surface area (Å²) in [7, 11) is 0. The molecule has 0 unspecified atom stereocenters. The minimum Gasteiger partial charge on any atom is -0.309 e. The van der Waals surface area contributed by atoms with Crippen molar-refractivity contribution >= 4 is 39.6 Å². The maximum absolute atomic E-state index is 2.52. The first-order chi connectivity index (χ1) is 27.3. The van der Waals surface area contributed by atoms with Gasteiger partial charge in [-0.25, -0.2) is 0 Å². The van der Waals surface area contributed by atoms with Crippen LogP contribution in [0.3, 0.4) is 0 Å². The molecule has 55 heavy (non-hydrogen) atoms. The van der Waals surface area contributed by atoms with Gasteiger partial charge in [-0.15, -0.1) is 0 Å². The largest absolute Gasteiger partial charge is 0.309 e. The molecule has 1 aliphatic heterocycles. The molecule has 0 saturated carbocycles. The Balaban J connectivity index is 1.25. The SMILES string of the molecule is c1ccc(-c2ccc(N(c3ccccc3-c3ccccc3)c3cccc4c3C3(c5cc6ccccc6cc5S4)c4ccccc4-c4ccccc43)cc2)cc1. The summed E-state index contributed by atoms with van der Waals surface area (Å²) in [5.74, 6) is 0. The van der Waals surface area contributed by atoms with Crippen LogP contribution in [0.4, 0.5) is 17.1 Å². The lowest BCUT2D eigenvalue weighted by Crippen LogP contribution is -2.34. The first kappa shape index (κ1) is 31.9. The van der Waals surface area contributed by atoms with Gasteiger partial charge in [0.2, 0.25) is 0 Å². The maximum atomic E-state index is 2.52. The number of hydrogen-bond donors (Lipinski definition) is 0. The molecule has 9 aromatic rings. The quantitative estimate of drug-likeness (QED) is 0.174. The Hall–Kier alpha value is -6.61. The molecule has 0 amide bonds. The van der Waals surface area contributed by atoms with E-state index in [1.807, 2.05) is 11.8 Å². The van der Waals surface area contributed by atoms with Crippen LogP contribution in [-0.2, 0) is 5.41 Å². The first-order valence-corrected chi connectivity index (χ1v) is 19.7. The lowest BCUT2D eigenvalue weighted by atomic mass is 9.66. The molecule has 1 spiro atoms. The smallest absolute Gasteiger partial charge is 0.0756 e. The van der Waals surface area contributed by atoms with Crippen LogP contribution in [0, 0.1) is 0 Å². The van der Waals surface area contributed by atoms with Crippen molar-refractivity contribution in [3.05, 3.63) is 235 Å². The fourth-order valence-corrected chi connectivity index (χ4v) is 10.4. The summed E-state index contributed by atoms with van der Waals surface area (Å²) in [6.45, 7) is 0. The second kappa shape index (κ2) is 12.8. The standard InChI is InChI=1S/C53H35NS/c1-3-16-36(17-4-1)37-30-32-41(33-31-37)54(48-27-14-11-22-42(48)38-18-5-2-6-19-38)49-28-15-29-50-52(49)53(47-34-39-20-7-8-21-40(39)35-51(47)55-50)45-25-12-9-23-43(45)44-24-10-13-26-46(44)53/h1-35H. The number of para-hydroxylation sites is 1. The van der Waals surface area contributed by atoms with Crippen LogP contribution in [0.25, 0.3) is 44.2 Å². The van der Waals surface area contributed by atoms with Crippen molar-refractivity contribution in [2.24, 2.45) is 0 Å². The number of hydrogen-bond acceptors (Lipinski definition) is 2. The number of benzene rings is 9. The van der Waals surface area contributed by atoms with Gasteiger partial charge in [0, 0.05) is 26.6 Å². The van der Waals surface area contributed by atoms with Crippen molar-refractivity contribution in [3.63, 3.8) is 0 Å². The Morgan fingerprint density at radius 3 is 1.56 bits per heavy atom. The molecule has 0 radical (unpaired) electrons. The average molecular weight is 718 g/mol. The molecule has 0 saturated heterocycles. The average Bonchev–Trinajstić information content (AvgIpc) is 3.55. The predicted molar refractivity (Wildman–Crippen MR) is 231 cm³/mol. The molecule has 1 heterocycles. The van der Waals surface area contributed by atoms with Gasteiger partial charge in [0.1, 0.15) is 0 Å². The third kappa shape index (κ3) is 4.88. The van der Waals surface area contributed by atoms with Gasteiger partial charge in [0.25, 0.3) is 0 Å². The highest BCUT2D eigenvalue weighted by atomic mass is 32.2. The van der Waals surface area contributed by atoms with Crippen molar-refractivity contribution in [1.82, 2.24) is 0 Å². The van der Waals surface area contributed by atoms with Crippen molar-refractivity contribution in [3.8, 4) is 33.4 Å². The lowest BCUT2D eigenvalue weighted by Gasteiger charge is -2.43. The Labute approximate surface area is 326 Å². The minimum atomic E-state index is -0.562. The zero-order valence-electron chi connectivity index (χ0n) is 30.1. The third-order valence-electron chi connectivity index (χ3n) is 11.5. The monoisotopic (exact) mass is 717 g/mol. The fraction of sp³-hybridized carbons (Fsp3) is 0.0189. The predicted octanol–water partition coefficient (Wildman–Crippen LogP) is 14.5. The Kier molecular flexibility index (Phi) is 7.40. The highest BCUT2D eigenvalue weighted by Crippen LogP contribution is 2.65. The lowest BCUT2D eigenvalue weighted by molar-refractivity contribution is 0.724. The molecule has 2 heteroatoms. The zero-order valence-corrected chi connectivity index (χ0v) is 30.9. The molecule has 0 atom stereocenters. The van der Waals surface area contributed by atoms with E-state index in [1.165, 1.54) is 81.9 Å². The van der Waals surface area contributed by atoms with E-state index in [1.54, 1.807) is 0 Å². The fourth-order valence-electron chi connectivity index (χ4n) is 9.18. The molecule has 258 valence electrons. The molecular formula is C53H35NS. The van der Waals surface area contributed by atoms with Gasteiger partial charge in [0.15, 0.2) is 0 Å². The van der Waals surface area contributed by atoms with Crippen LogP contribution in [-0.4, -0.2) is 0 Å². The van der Waals surface area contributed by atoms with Gasteiger partial charge in [0.05, 0.1) is 16.8 Å². The molecule has 0 aromatic heterocycles. The number of nitrogens with zero attached hydrogens (tertiary/aromatic N) is 1. The van der Waals surface area contributed by atoms with Crippen LogP contribution >= 0.6 is 11.8 Å². The summed E-state index contributed by atoms with van der Waals surface area (Å²) in [5.41, 5.74) is 15.5. The molecule has 9 aromatic carbocycles. The van der Waals surface area contributed by atoms with E-state index in [0.29, 0.717) is 0 Å². The molecule has 1 aliphatic carbocycles. The molecule has 2 aliphatic rings. The van der Waals surface area contributed by atoms with Crippen LogP contribution in [0.2, 0.25) is 0 Å². The highest BCUT2D eigenvalue weighted by molar-refractivity contribution is 7.99. The third-order valence-corrected chi connectivity index (χ3v) is 12.6. The summed E-state index contributed by atoms with van der Waals surface area (Å²) in [6.07, 6.45) is 0. The van der Waals surface area contributed by atoms with E-state index in [2.05, 4.69) is 217 Å². The van der Waals surface area contributed by atoms with Crippen molar-refractivity contribution < 1.29 is 0 Å². The highest BCUT2D eigenvalue weighted by Gasteiger charge is 2.52. The maximum Gasteiger partial charge on any atom is 0.0756 e. The van der Waals surface area contributed by atoms with E-state index < -0.39 is 5.41 Å². The summed E-state index contributed by atoms with van der Waals surface area (Å²) >= 11 is 1.90. The second-order valence-electron chi connectivity index (χ2n) is 14.4. The molecule has 11 rings (SSSR count). The molecule has 0 fully saturated rings. The van der Waals surface area contributed by atoms with Crippen molar-refractivity contribution in [2.75, 3.05) is 4.90 Å². The van der Waals surface area contributed by atoms with Crippen LogP contribution in [0.15, 0.2) is 222 Å². The van der Waals surface area contributed by atoms with Gasteiger partial charge in [-0.2, -0.15) is 0 Å². The molecule has 0 bridgehead atoms. The van der Waals surface area contributed by atoms with Crippen LogP contribution in [0.1, 0.15) is 22.3 Å². The van der Waals surface area contributed by atoms with Crippen molar-refractivity contribution in [1.29, 1.82) is 0 Å². The zero-order chi connectivity index (χ0) is 36.3. The summed E-state index contributed by atoms with van der Waals surface area (Å²) in [5, 5.41) is 2.52. The molecule has 1 nitrogen and oxygen atoms in total. The molecule has 0 N–H and O–H groups in total. The first-order valence-electron chi connectivity index (χ1n) is 18.9. The van der Waals surface area contributed by atoms with Gasteiger partial charge < -0.3 is 4.90 Å². The van der Waals surface area contributed by atoms with E-state index in [-0.39, 0.29) is 0 Å². The Bertz CT molecular complexity index is 2850. The normalized spacial score (nSPS) is 13.2. The van der Waals surface area contributed by atoms with E-state index in [9.17, 15) is 0 Å². The van der Waals surface area contributed by atoms with Crippen LogP contribution in [0.5, 0.6) is 0 Å².